The van der Waals surface area contributed by atoms with Crippen molar-refractivity contribution in [3.05, 3.63) is 42.6 Å². The highest BCUT2D eigenvalue weighted by Gasteiger charge is 2.28. The van der Waals surface area contributed by atoms with Crippen molar-refractivity contribution in [3.63, 3.8) is 0 Å². The van der Waals surface area contributed by atoms with Gasteiger partial charge in [0.1, 0.15) is 17.6 Å². The van der Waals surface area contributed by atoms with Crippen molar-refractivity contribution in [1.82, 2.24) is 15.1 Å². The summed E-state index contributed by atoms with van der Waals surface area (Å²) in [6, 6.07) is 10.7. The lowest BCUT2D eigenvalue weighted by Gasteiger charge is -2.17. The molecule has 1 aliphatic rings. The van der Waals surface area contributed by atoms with Gasteiger partial charge in [-0.25, -0.2) is 0 Å². The molecule has 1 atom stereocenters. The second-order valence-corrected chi connectivity index (χ2v) is 5.40. The third-order valence-electron chi connectivity index (χ3n) is 3.74. The third-order valence-corrected chi connectivity index (χ3v) is 3.74. The minimum atomic E-state index is -0.0672. The molecule has 126 valence electrons. The predicted octanol–water partition coefficient (Wildman–Crippen LogP) is 1.54. The molecule has 24 heavy (non-hydrogen) atoms. The van der Waals surface area contributed by atoms with Crippen molar-refractivity contribution in [3.8, 4) is 17.4 Å². The average molecular weight is 329 g/mol. The molecule has 2 aromatic rings. The Labute approximate surface area is 140 Å². The van der Waals surface area contributed by atoms with Gasteiger partial charge in [-0.15, -0.1) is 5.10 Å². The minimum absolute atomic E-state index is 0.00890. The molecule has 1 saturated heterocycles. The summed E-state index contributed by atoms with van der Waals surface area (Å²) in [5.41, 5.74) is 0. The van der Waals surface area contributed by atoms with Gasteiger partial charge in [0.25, 0.3) is 5.91 Å². The van der Waals surface area contributed by atoms with Crippen LogP contribution in [0.25, 0.3) is 0 Å². The van der Waals surface area contributed by atoms with Gasteiger partial charge in [0.05, 0.1) is 13.7 Å². The van der Waals surface area contributed by atoms with Crippen LogP contribution in [0.1, 0.15) is 6.42 Å². The Morgan fingerprint density at radius 3 is 2.96 bits per heavy atom. The fourth-order valence-electron chi connectivity index (χ4n) is 2.50. The zero-order valence-corrected chi connectivity index (χ0v) is 13.4. The number of rotatable bonds is 6. The molecular weight excluding hydrogens is 310 g/mol. The first-order valence-electron chi connectivity index (χ1n) is 7.73. The molecule has 0 N–H and O–H groups in total. The van der Waals surface area contributed by atoms with Gasteiger partial charge in [0, 0.05) is 31.3 Å². The van der Waals surface area contributed by atoms with E-state index in [1.807, 2.05) is 12.1 Å². The van der Waals surface area contributed by atoms with Crippen LogP contribution in [-0.4, -0.2) is 53.9 Å². The number of ether oxygens (including phenoxy) is 3. The van der Waals surface area contributed by atoms with Crippen molar-refractivity contribution < 1.29 is 19.0 Å². The number of carbonyl (C=O) groups excluding carboxylic acids is 1. The summed E-state index contributed by atoms with van der Waals surface area (Å²) in [6.45, 7) is 1.16. The molecule has 1 amide bonds. The van der Waals surface area contributed by atoms with E-state index in [0.29, 0.717) is 30.5 Å². The van der Waals surface area contributed by atoms with Crippen LogP contribution < -0.4 is 14.2 Å². The zero-order valence-electron chi connectivity index (χ0n) is 13.4. The highest BCUT2D eigenvalue weighted by molar-refractivity contribution is 5.78. The SMILES string of the molecule is COc1cccc(OCC(=O)N2CCC(Oc3cccnn3)C2)c1. The number of benzene rings is 1. The molecule has 0 saturated carbocycles. The smallest absolute Gasteiger partial charge is 0.260 e. The van der Waals surface area contributed by atoms with Gasteiger partial charge < -0.3 is 19.1 Å². The Kier molecular flexibility index (Phi) is 5.10. The molecule has 1 fully saturated rings. The number of hydrogen-bond acceptors (Lipinski definition) is 6. The van der Waals surface area contributed by atoms with Gasteiger partial charge in [-0.2, -0.15) is 5.10 Å². The summed E-state index contributed by atoms with van der Waals surface area (Å²) in [5, 5.41) is 7.66. The zero-order chi connectivity index (χ0) is 16.8. The lowest BCUT2D eigenvalue weighted by molar-refractivity contribution is -0.132. The molecular formula is C17H19N3O4. The summed E-state index contributed by atoms with van der Waals surface area (Å²) >= 11 is 0. The Morgan fingerprint density at radius 1 is 1.29 bits per heavy atom. The van der Waals surface area contributed by atoms with Gasteiger partial charge in [-0.1, -0.05) is 6.07 Å². The summed E-state index contributed by atoms with van der Waals surface area (Å²) in [4.78, 5) is 14.0. The van der Waals surface area contributed by atoms with Gasteiger partial charge >= 0.3 is 0 Å². The number of aromatic nitrogens is 2. The van der Waals surface area contributed by atoms with Crippen molar-refractivity contribution in [2.45, 2.75) is 12.5 Å². The largest absolute Gasteiger partial charge is 0.497 e. The highest BCUT2D eigenvalue weighted by atomic mass is 16.5. The van der Waals surface area contributed by atoms with E-state index in [0.717, 1.165) is 6.42 Å². The second-order valence-electron chi connectivity index (χ2n) is 5.40. The van der Waals surface area contributed by atoms with Crippen molar-refractivity contribution in [2.75, 3.05) is 26.8 Å². The molecule has 1 aromatic carbocycles. The first-order valence-corrected chi connectivity index (χ1v) is 7.73. The molecule has 0 spiro atoms. The van der Waals surface area contributed by atoms with E-state index in [1.54, 1.807) is 42.5 Å². The number of methoxy groups -OCH3 is 1. The first kappa shape index (κ1) is 16.0. The van der Waals surface area contributed by atoms with Crippen LogP contribution in [-0.2, 0) is 4.79 Å². The van der Waals surface area contributed by atoms with E-state index in [-0.39, 0.29) is 18.6 Å². The van der Waals surface area contributed by atoms with E-state index >= 15 is 0 Å². The molecule has 7 nitrogen and oxygen atoms in total. The van der Waals surface area contributed by atoms with Crippen LogP contribution in [0.5, 0.6) is 17.4 Å². The minimum Gasteiger partial charge on any atom is -0.497 e. The molecule has 2 heterocycles. The molecule has 3 rings (SSSR count). The number of likely N-dealkylation sites (tertiary alicyclic amines) is 1. The van der Waals surface area contributed by atoms with Crippen LogP contribution in [0.4, 0.5) is 0 Å². The van der Waals surface area contributed by atoms with Crippen LogP contribution in [0, 0.1) is 0 Å². The average Bonchev–Trinajstić information content (AvgIpc) is 3.09. The maximum Gasteiger partial charge on any atom is 0.260 e. The fourth-order valence-corrected chi connectivity index (χ4v) is 2.50. The quantitative estimate of drug-likeness (QED) is 0.800. The van der Waals surface area contributed by atoms with E-state index in [9.17, 15) is 4.79 Å². The number of hydrogen-bond donors (Lipinski definition) is 0. The highest BCUT2D eigenvalue weighted by Crippen LogP contribution is 2.20. The maximum atomic E-state index is 12.3. The van der Waals surface area contributed by atoms with Gasteiger partial charge in [0.15, 0.2) is 6.61 Å². The molecule has 1 aliphatic heterocycles. The van der Waals surface area contributed by atoms with Crippen LogP contribution in [0.2, 0.25) is 0 Å². The first-order chi connectivity index (χ1) is 11.7. The fraction of sp³-hybridized carbons (Fsp3) is 0.353. The third kappa shape index (κ3) is 4.13. The number of amides is 1. The van der Waals surface area contributed by atoms with Gasteiger partial charge in [-0.05, 0) is 18.2 Å². The van der Waals surface area contributed by atoms with Crippen LogP contribution in [0.3, 0.4) is 0 Å². The Hall–Kier alpha value is -2.83. The topological polar surface area (TPSA) is 73.8 Å². The van der Waals surface area contributed by atoms with Crippen molar-refractivity contribution in [1.29, 1.82) is 0 Å². The molecule has 0 radical (unpaired) electrons. The second kappa shape index (κ2) is 7.63. The summed E-state index contributed by atoms with van der Waals surface area (Å²) in [5.74, 6) is 1.71. The molecule has 7 heteroatoms. The number of nitrogens with zero attached hydrogens (tertiary/aromatic N) is 3. The Morgan fingerprint density at radius 2 is 2.17 bits per heavy atom. The summed E-state index contributed by atoms with van der Waals surface area (Å²) < 4.78 is 16.4. The summed E-state index contributed by atoms with van der Waals surface area (Å²) in [6.07, 6.45) is 2.29. The summed E-state index contributed by atoms with van der Waals surface area (Å²) in [7, 11) is 1.59. The lowest BCUT2D eigenvalue weighted by atomic mass is 10.3. The van der Waals surface area contributed by atoms with Crippen molar-refractivity contribution in [2.24, 2.45) is 0 Å². The maximum absolute atomic E-state index is 12.3. The lowest BCUT2D eigenvalue weighted by Crippen LogP contribution is -2.34. The number of carbonyl (C=O) groups is 1. The molecule has 1 aromatic heterocycles. The molecule has 0 aliphatic carbocycles. The Bertz CT molecular complexity index is 681. The van der Waals surface area contributed by atoms with Gasteiger partial charge in [0.2, 0.25) is 5.88 Å². The van der Waals surface area contributed by atoms with E-state index in [4.69, 9.17) is 14.2 Å². The monoisotopic (exact) mass is 329 g/mol. The predicted molar refractivity (Wildman–Crippen MR) is 86.1 cm³/mol. The normalized spacial score (nSPS) is 16.7. The van der Waals surface area contributed by atoms with Crippen molar-refractivity contribution >= 4 is 5.91 Å². The van der Waals surface area contributed by atoms with Crippen LogP contribution >= 0.6 is 0 Å². The Balaban J connectivity index is 1.47. The standard InChI is InChI=1S/C17H19N3O4/c1-22-13-4-2-5-14(10-13)23-12-17(21)20-9-7-15(11-20)24-16-6-3-8-18-19-16/h2-6,8,10,15H,7,9,11-12H2,1H3. The van der Waals surface area contributed by atoms with Crippen LogP contribution in [0.15, 0.2) is 42.6 Å². The molecule has 1 unspecified atom stereocenters. The van der Waals surface area contributed by atoms with Gasteiger partial charge in [-0.3, -0.25) is 4.79 Å². The van der Waals surface area contributed by atoms with E-state index in [1.165, 1.54) is 0 Å². The molecule has 0 bridgehead atoms. The van der Waals surface area contributed by atoms with E-state index in [2.05, 4.69) is 10.2 Å². The van der Waals surface area contributed by atoms with E-state index < -0.39 is 0 Å².